The van der Waals surface area contributed by atoms with E-state index >= 15 is 0 Å². The van der Waals surface area contributed by atoms with Gasteiger partial charge in [0.2, 0.25) is 0 Å². The lowest BCUT2D eigenvalue weighted by atomic mass is 10.1. The molecule has 0 spiro atoms. The van der Waals surface area contributed by atoms with Gasteiger partial charge >= 0.3 is 0 Å². The third-order valence-electron chi connectivity index (χ3n) is 2.85. The predicted molar refractivity (Wildman–Crippen MR) is 77.4 cm³/mol. The Hall–Kier alpha value is -1.86. The second kappa shape index (κ2) is 5.85. The van der Waals surface area contributed by atoms with Crippen molar-refractivity contribution in [2.24, 2.45) is 0 Å². The summed E-state index contributed by atoms with van der Waals surface area (Å²) in [6.07, 6.45) is 0. The Morgan fingerprint density at radius 2 is 1.89 bits per heavy atom. The quantitative estimate of drug-likeness (QED) is 0.852. The van der Waals surface area contributed by atoms with Crippen LogP contribution in [0.3, 0.4) is 0 Å². The molecule has 96 valence electrons. The van der Waals surface area contributed by atoms with Crippen molar-refractivity contribution in [3.63, 3.8) is 0 Å². The van der Waals surface area contributed by atoms with Crippen molar-refractivity contribution in [2.75, 3.05) is 11.9 Å². The van der Waals surface area contributed by atoms with Crippen LogP contribution < -0.4 is 4.90 Å². The highest BCUT2D eigenvalue weighted by Gasteiger charge is 2.07. The summed E-state index contributed by atoms with van der Waals surface area (Å²) in [4.78, 5) is 1.94. The van der Waals surface area contributed by atoms with Gasteiger partial charge in [-0.1, -0.05) is 28.1 Å². The van der Waals surface area contributed by atoms with Gasteiger partial charge in [-0.3, -0.25) is 0 Å². The van der Waals surface area contributed by atoms with E-state index in [1.807, 2.05) is 42.3 Å². The van der Waals surface area contributed by atoms with Gasteiger partial charge in [0.25, 0.3) is 0 Å². The summed E-state index contributed by atoms with van der Waals surface area (Å²) in [5, 5.41) is 8.70. The molecule has 0 aromatic heterocycles. The maximum atomic E-state index is 13.5. The van der Waals surface area contributed by atoms with E-state index in [1.54, 1.807) is 6.07 Å². The molecular formula is C15H12BrFN2. The van der Waals surface area contributed by atoms with Crippen LogP contribution in [0.15, 0.2) is 46.9 Å². The van der Waals surface area contributed by atoms with E-state index in [4.69, 9.17) is 5.26 Å². The highest BCUT2D eigenvalue weighted by molar-refractivity contribution is 9.10. The van der Waals surface area contributed by atoms with Crippen LogP contribution in [0.4, 0.5) is 10.1 Å². The molecule has 2 nitrogen and oxygen atoms in total. The molecule has 0 fully saturated rings. The number of nitrogens with zero attached hydrogens (tertiary/aromatic N) is 2. The molecule has 0 radical (unpaired) electrons. The van der Waals surface area contributed by atoms with Crippen LogP contribution in [0, 0.1) is 17.1 Å². The molecular weight excluding hydrogens is 307 g/mol. The van der Waals surface area contributed by atoms with Gasteiger partial charge in [0, 0.05) is 23.8 Å². The van der Waals surface area contributed by atoms with Crippen LogP contribution in [0.25, 0.3) is 0 Å². The Bertz CT molecular complexity index is 617. The zero-order valence-electron chi connectivity index (χ0n) is 10.4. The average Bonchev–Trinajstić information content (AvgIpc) is 2.41. The number of hydrogen-bond acceptors (Lipinski definition) is 2. The molecule has 0 aliphatic heterocycles. The molecule has 0 atom stereocenters. The summed E-state index contributed by atoms with van der Waals surface area (Å²) in [7, 11) is 1.89. The lowest BCUT2D eigenvalue weighted by molar-refractivity contribution is 0.623. The van der Waals surface area contributed by atoms with Crippen molar-refractivity contribution in [1.82, 2.24) is 0 Å². The molecule has 0 aliphatic rings. The van der Waals surface area contributed by atoms with Gasteiger partial charge in [-0.25, -0.2) is 4.39 Å². The molecule has 0 saturated carbocycles. The van der Waals surface area contributed by atoms with E-state index in [9.17, 15) is 4.39 Å². The number of halogens is 2. The Morgan fingerprint density at radius 1 is 1.21 bits per heavy atom. The van der Waals surface area contributed by atoms with Gasteiger partial charge in [-0.15, -0.1) is 0 Å². The first-order valence-corrected chi connectivity index (χ1v) is 6.54. The number of nitriles is 1. The topological polar surface area (TPSA) is 27.0 Å². The summed E-state index contributed by atoms with van der Waals surface area (Å²) in [6, 6.07) is 14.4. The fraction of sp³-hybridized carbons (Fsp3) is 0.133. The van der Waals surface area contributed by atoms with E-state index in [1.165, 1.54) is 12.1 Å². The molecule has 0 aliphatic carbocycles. The summed E-state index contributed by atoms with van der Waals surface area (Å²) in [5.41, 5.74) is 1.95. The highest BCUT2D eigenvalue weighted by Crippen LogP contribution is 2.20. The van der Waals surface area contributed by atoms with E-state index in [0.717, 1.165) is 15.7 Å². The summed E-state index contributed by atoms with van der Waals surface area (Å²) >= 11 is 3.39. The highest BCUT2D eigenvalue weighted by atomic mass is 79.9. The third-order valence-corrected chi connectivity index (χ3v) is 3.38. The first-order valence-electron chi connectivity index (χ1n) is 5.75. The molecule has 0 N–H and O–H groups in total. The Labute approximate surface area is 120 Å². The van der Waals surface area contributed by atoms with Crippen molar-refractivity contribution in [3.8, 4) is 6.07 Å². The molecule has 4 heteroatoms. The zero-order chi connectivity index (χ0) is 13.8. The average molecular weight is 319 g/mol. The first-order chi connectivity index (χ1) is 9.10. The van der Waals surface area contributed by atoms with Gasteiger partial charge in [0.05, 0.1) is 5.56 Å². The number of rotatable bonds is 3. The van der Waals surface area contributed by atoms with Crippen LogP contribution in [-0.2, 0) is 6.54 Å². The van der Waals surface area contributed by atoms with Crippen LogP contribution >= 0.6 is 15.9 Å². The maximum Gasteiger partial charge on any atom is 0.143 e. The van der Waals surface area contributed by atoms with E-state index in [-0.39, 0.29) is 5.56 Å². The molecule has 0 bridgehead atoms. The molecule has 0 saturated heterocycles. The number of hydrogen-bond donors (Lipinski definition) is 0. The normalized spacial score (nSPS) is 10.0. The molecule has 2 aromatic rings. The Kier molecular flexibility index (Phi) is 4.18. The van der Waals surface area contributed by atoms with E-state index in [0.29, 0.717) is 6.54 Å². The molecule has 19 heavy (non-hydrogen) atoms. The maximum absolute atomic E-state index is 13.5. The third kappa shape index (κ3) is 3.33. The minimum atomic E-state index is -0.484. The zero-order valence-corrected chi connectivity index (χ0v) is 12.0. The molecule has 2 aromatic carbocycles. The SMILES string of the molecule is CN(Cc1ccc(Br)cc1)c1ccc(C#N)c(F)c1. The Balaban J connectivity index is 2.16. The van der Waals surface area contributed by atoms with Gasteiger partial charge < -0.3 is 4.90 Å². The van der Waals surface area contributed by atoms with Gasteiger partial charge in [-0.05, 0) is 35.9 Å². The smallest absolute Gasteiger partial charge is 0.143 e. The lowest BCUT2D eigenvalue weighted by Gasteiger charge is -2.19. The van der Waals surface area contributed by atoms with Gasteiger partial charge in [-0.2, -0.15) is 5.26 Å². The van der Waals surface area contributed by atoms with Gasteiger partial charge in [0.15, 0.2) is 0 Å². The van der Waals surface area contributed by atoms with Crippen LogP contribution in [0.2, 0.25) is 0 Å². The number of benzene rings is 2. The molecule has 2 rings (SSSR count). The fourth-order valence-corrected chi connectivity index (χ4v) is 2.05. The van der Waals surface area contributed by atoms with E-state index < -0.39 is 5.82 Å². The van der Waals surface area contributed by atoms with E-state index in [2.05, 4.69) is 15.9 Å². The summed E-state index contributed by atoms with van der Waals surface area (Å²) in [5.74, 6) is -0.484. The standard InChI is InChI=1S/C15H12BrFN2/c1-19(10-11-2-5-13(16)6-3-11)14-7-4-12(9-18)15(17)8-14/h2-8H,10H2,1H3. The van der Waals surface area contributed by atoms with Crippen molar-refractivity contribution >= 4 is 21.6 Å². The largest absolute Gasteiger partial charge is 0.370 e. The summed E-state index contributed by atoms with van der Waals surface area (Å²) in [6.45, 7) is 0.679. The van der Waals surface area contributed by atoms with Crippen LogP contribution in [0.1, 0.15) is 11.1 Å². The molecule has 0 heterocycles. The van der Waals surface area contributed by atoms with Crippen molar-refractivity contribution in [3.05, 3.63) is 63.9 Å². The second-order valence-electron chi connectivity index (χ2n) is 4.26. The first kappa shape index (κ1) is 13.6. The second-order valence-corrected chi connectivity index (χ2v) is 5.17. The predicted octanol–water partition coefficient (Wildman–Crippen LogP) is 4.10. The molecule has 0 amide bonds. The summed E-state index contributed by atoms with van der Waals surface area (Å²) < 4.78 is 14.6. The Morgan fingerprint density at radius 3 is 2.47 bits per heavy atom. The fourth-order valence-electron chi connectivity index (χ4n) is 1.79. The van der Waals surface area contributed by atoms with Crippen molar-refractivity contribution in [1.29, 1.82) is 5.26 Å². The van der Waals surface area contributed by atoms with Crippen LogP contribution in [-0.4, -0.2) is 7.05 Å². The van der Waals surface area contributed by atoms with Gasteiger partial charge in [0.1, 0.15) is 11.9 Å². The van der Waals surface area contributed by atoms with Crippen molar-refractivity contribution < 1.29 is 4.39 Å². The lowest BCUT2D eigenvalue weighted by Crippen LogP contribution is -2.16. The molecule has 0 unspecified atom stereocenters. The van der Waals surface area contributed by atoms with Crippen LogP contribution in [0.5, 0.6) is 0 Å². The minimum Gasteiger partial charge on any atom is -0.370 e. The monoisotopic (exact) mass is 318 g/mol. The van der Waals surface area contributed by atoms with Crippen molar-refractivity contribution in [2.45, 2.75) is 6.54 Å². The number of anilines is 1. The minimum absolute atomic E-state index is 0.0702.